The van der Waals surface area contributed by atoms with Crippen LogP contribution in [0.2, 0.25) is 0 Å². The number of hydrogen-bond donors (Lipinski definition) is 3. The van der Waals surface area contributed by atoms with Crippen molar-refractivity contribution >= 4 is 11.9 Å². The van der Waals surface area contributed by atoms with Gasteiger partial charge in [0.05, 0.1) is 6.42 Å². The van der Waals surface area contributed by atoms with Crippen molar-refractivity contribution in [2.75, 3.05) is 0 Å². The van der Waals surface area contributed by atoms with E-state index in [1.54, 1.807) is 6.92 Å². The molecular formula is C11H18N4O3. The first-order valence-electron chi connectivity index (χ1n) is 5.62. The number of aliphatic carboxylic acids is 1. The fourth-order valence-electron chi connectivity index (χ4n) is 1.42. The molecular weight excluding hydrogens is 236 g/mol. The van der Waals surface area contributed by atoms with Gasteiger partial charge in [-0.05, 0) is 12.3 Å². The largest absolute Gasteiger partial charge is 0.481 e. The number of aromatic amines is 1. The highest BCUT2D eigenvalue weighted by molar-refractivity contribution is 5.90. The second kappa shape index (κ2) is 5.16. The minimum Gasteiger partial charge on any atom is -0.481 e. The molecule has 7 heteroatoms. The molecule has 1 heterocycles. The predicted molar refractivity (Wildman–Crippen MR) is 64.1 cm³/mol. The lowest BCUT2D eigenvalue weighted by Crippen LogP contribution is -2.45. The number of aromatic nitrogens is 3. The lowest BCUT2D eigenvalue weighted by molar-refractivity contribution is -0.138. The summed E-state index contributed by atoms with van der Waals surface area (Å²) in [6, 6.07) is -0.485. The first-order valence-corrected chi connectivity index (χ1v) is 5.62. The average molecular weight is 254 g/mol. The minimum atomic E-state index is -0.957. The second-order valence-corrected chi connectivity index (χ2v) is 5.23. The third kappa shape index (κ3) is 3.83. The van der Waals surface area contributed by atoms with Crippen LogP contribution < -0.4 is 5.32 Å². The van der Waals surface area contributed by atoms with E-state index in [1.165, 1.54) is 0 Å². The Morgan fingerprint density at radius 1 is 1.44 bits per heavy atom. The van der Waals surface area contributed by atoms with Gasteiger partial charge in [0.15, 0.2) is 0 Å². The van der Waals surface area contributed by atoms with Crippen LogP contribution in [-0.2, 0) is 4.79 Å². The maximum absolute atomic E-state index is 11.8. The molecule has 0 aromatic carbocycles. The Morgan fingerprint density at radius 2 is 2.06 bits per heavy atom. The zero-order valence-electron chi connectivity index (χ0n) is 10.9. The van der Waals surface area contributed by atoms with Gasteiger partial charge >= 0.3 is 5.97 Å². The fourth-order valence-corrected chi connectivity index (χ4v) is 1.42. The summed E-state index contributed by atoms with van der Waals surface area (Å²) in [5.41, 5.74) is -0.362. The van der Waals surface area contributed by atoms with Gasteiger partial charge in [0.25, 0.3) is 5.91 Å². The van der Waals surface area contributed by atoms with E-state index in [0.717, 1.165) is 0 Å². The number of carboxylic acids is 1. The molecule has 0 saturated heterocycles. The van der Waals surface area contributed by atoms with E-state index in [9.17, 15) is 9.59 Å². The SMILES string of the molecule is Cc1nc(C(=O)NC(CC(=O)O)C(C)(C)C)n[nH]1. The Kier molecular flexibility index (Phi) is 4.05. The molecule has 1 rings (SSSR count). The summed E-state index contributed by atoms with van der Waals surface area (Å²) in [6.07, 6.45) is -0.140. The number of amides is 1. The highest BCUT2D eigenvalue weighted by atomic mass is 16.4. The molecule has 0 aliphatic rings. The van der Waals surface area contributed by atoms with Gasteiger partial charge in [-0.25, -0.2) is 4.98 Å². The van der Waals surface area contributed by atoms with Crippen molar-refractivity contribution < 1.29 is 14.7 Å². The second-order valence-electron chi connectivity index (χ2n) is 5.23. The van der Waals surface area contributed by atoms with Crippen LogP contribution in [0.4, 0.5) is 0 Å². The van der Waals surface area contributed by atoms with Crippen molar-refractivity contribution in [1.82, 2.24) is 20.5 Å². The number of carbonyl (C=O) groups excluding carboxylic acids is 1. The first kappa shape index (κ1) is 14.1. The molecule has 1 atom stereocenters. The van der Waals surface area contributed by atoms with Crippen LogP contribution in [0.25, 0.3) is 0 Å². The number of aryl methyl sites for hydroxylation is 1. The summed E-state index contributed by atoms with van der Waals surface area (Å²) in [6.45, 7) is 7.28. The molecule has 18 heavy (non-hydrogen) atoms. The predicted octanol–water partition coefficient (Wildman–Crippen LogP) is 0.732. The van der Waals surface area contributed by atoms with E-state index in [4.69, 9.17) is 5.11 Å². The van der Waals surface area contributed by atoms with Crippen molar-refractivity contribution in [1.29, 1.82) is 0 Å². The fraction of sp³-hybridized carbons (Fsp3) is 0.636. The molecule has 3 N–H and O–H groups in total. The van der Waals surface area contributed by atoms with Gasteiger partial charge in [0, 0.05) is 6.04 Å². The molecule has 0 aliphatic carbocycles. The Hall–Kier alpha value is -1.92. The molecule has 1 amide bonds. The number of nitrogens with zero attached hydrogens (tertiary/aromatic N) is 2. The molecule has 0 bridgehead atoms. The number of rotatable bonds is 4. The van der Waals surface area contributed by atoms with Crippen molar-refractivity contribution in [2.45, 2.75) is 40.2 Å². The Bertz CT molecular complexity index is 447. The van der Waals surface area contributed by atoms with Crippen LogP contribution in [0.3, 0.4) is 0 Å². The number of nitrogens with one attached hydrogen (secondary N) is 2. The molecule has 0 fully saturated rings. The van der Waals surface area contributed by atoms with Crippen LogP contribution in [0.1, 0.15) is 43.6 Å². The van der Waals surface area contributed by atoms with E-state index in [0.29, 0.717) is 5.82 Å². The Morgan fingerprint density at radius 3 is 2.44 bits per heavy atom. The lowest BCUT2D eigenvalue weighted by Gasteiger charge is -2.29. The summed E-state index contributed by atoms with van der Waals surface area (Å²) < 4.78 is 0. The van der Waals surface area contributed by atoms with Gasteiger partial charge in [0.1, 0.15) is 5.82 Å². The van der Waals surface area contributed by atoms with Crippen LogP contribution in [-0.4, -0.2) is 38.2 Å². The maximum Gasteiger partial charge on any atom is 0.305 e. The summed E-state index contributed by atoms with van der Waals surface area (Å²) in [7, 11) is 0. The molecule has 0 aliphatic heterocycles. The quantitative estimate of drug-likeness (QED) is 0.734. The van der Waals surface area contributed by atoms with Gasteiger partial charge in [-0.2, -0.15) is 0 Å². The van der Waals surface area contributed by atoms with Crippen molar-refractivity contribution in [3.05, 3.63) is 11.6 Å². The van der Waals surface area contributed by atoms with Gasteiger partial charge in [-0.1, -0.05) is 20.8 Å². The van der Waals surface area contributed by atoms with E-state index in [-0.39, 0.29) is 17.7 Å². The van der Waals surface area contributed by atoms with Gasteiger partial charge in [0.2, 0.25) is 5.82 Å². The highest BCUT2D eigenvalue weighted by Crippen LogP contribution is 2.22. The summed E-state index contributed by atoms with van der Waals surface area (Å²) >= 11 is 0. The Labute approximate surface area is 105 Å². The van der Waals surface area contributed by atoms with Crippen LogP contribution >= 0.6 is 0 Å². The normalized spacial score (nSPS) is 13.1. The molecule has 0 radical (unpaired) electrons. The van der Waals surface area contributed by atoms with Gasteiger partial charge < -0.3 is 10.4 Å². The van der Waals surface area contributed by atoms with Gasteiger partial charge in [-0.3, -0.25) is 14.7 Å². The molecule has 0 saturated carbocycles. The molecule has 100 valence electrons. The molecule has 1 unspecified atom stereocenters. The van der Waals surface area contributed by atoms with Crippen molar-refractivity contribution in [3.8, 4) is 0 Å². The molecule has 1 aromatic heterocycles. The number of hydrogen-bond acceptors (Lipinski definition) is 4. The topological polar surface area (TPSA) is 108 Å². The van der Waals surface area contributed by atoms with Gasteiger partial charge in [-0.15, -0.1) is 5.10 Å². The van der Waals surface area contributed by atoms with Crippen LogP contribution in [0.15, 0.2) is 0 Å². The van der Waals surface area contributed by atoms with E-state index in [1.807, 2.05) is 20.8 Å². The lowest BCUT2D eigenvalue weighted by atomic mass is 9.84. The molecule has 0 spiro atoms. The first-order chi connectivity index (χ1) is 8.20. The Balaban J connectivity index is 2.78. The average Bonchev–Trinajstić information content (AvgIpc) is 2.61. The van der Waals surface area contributed by atoms with Crippen molar-refractivity contribution in [3.63, 3.8) is 0 Å². The zero-order chi connectivity index (χ0) is 13.9. The summed E-state index contributed by atoms with van der Waals surface area (Å²) in [4.78, 5) is 26.5. The number of H-pyrrole nitrogens is 1. The molecule has 7 nitrogen and oxygen atoms in total. The summed E-state index contributed by atoms with van der Waals surface area (Å²) in [5, 5.41) is 17.8. The number of carbonyl (C=O) groups is 2. The maximum atomic E-state index is 11.8. The smallest absolute Gasteiger partial charge is 0.305 e. The number of carboxylic acid groups (broad SMARTS) is 1. The van der Waals surface area contributed by atoms with E-state index in [2.05, 4.69) is 20.5 Å². The van der Waals surface area contributed by atoms with E-state index >= 15 is 0 Å². The monoisotopic (exact) mass is 254 g/mol. The summed E-state index contributed by atoms with van der Waals surface area (Å²) in [5.74, 6) is -0.875. The van der Waals surface area contributed by atoms with E-state index < -0.39 is 17.9 Å². The minimum absolute atomic E-state index is 0.0205. The highest BCUT2D eigenvalue weighted by Gasteiger charge is 2.29. The third-order valence-electron chi connectivity index (χ3n) is 2.53. The third-order valence-corrected chi connectivity index (χ3v) is 2.53. The standard InChI is InChI=1S/C11H18N4O3/c1-6-12-9(15-14-6)10(18)13-7(5-8(16)17)11(2,3)4/h7H,5H2,1-4H3,(H,13,18)(H,16,17)(H,12,14,15). The van der Waals surface area contributed by atoms with Crippen molar-refractivity contribution in [2.24, 2.45) is 5.41 Å². The van der Waals surface area contributed by atoms with Crippen LogP contribution in [0, 0.1) is 12.3 Å². The van der Waals surface area contributed by atoms with Crippen LogP contribution in [0.5, 0.6) is 0 Å². The molecule has 1 aromatic rings. The zero-order valence-corrected chi connectivity index (χ0v) is 10.9.